The number of carbonyl (C=O) groups excluding carboxylic acids is 2. The highest BCUT2D eigenvalue weighted by molar-refractivity contribution is 6.30. The van der Waals surface area contributed by atoms with Crippen LogP contribution in [-0.2, 0) is 0 Å². The van der Waals surface area contributed by atoms with Gasteiger partial charge in [0.25, 0.3) is 11.8 Å². The first-order valence-electron chi connectivity index (χ1n) is 9.59. The van der Waals surface area contributed by atoms with E-state index < -0.39 is 0 Å². The van der Waals surface area contributed by atoms with Gasteiger partial charge in [0, 0.05) is 16.3 Å². The average molecular weight is 431 g/mol. The highest BCUT2D eigenvalue weighted by Gasteiger charge is 2.21. The largest absolute Gasteiger partial charge is 0.322 e. The molecule has 0 aliphatic carbocycles. The van der Waals surface area contributed by atoms with Crippen molar-refractivity contribution in [2.45, 2.75) is 6.92 Å². The lowest BCUT2D eigenvalue weighted by atomic mass is 10.2. The van der Waals surface area contributed by atoms with Gasteiger partial charge < -0.3 is 10.6 Å². The Morgan fingerprint density at radius 3 is 2.19 bits per heavy atom. The molecule has 2 N–H and O–H groups in total. The van der Waals surface area contributed by atoms with Crippen molar-refractivity contribution in [3.8, 4) is 5.69 Å². The molecule has 2 amide bonds. The van der Waals surface area contributed by atoms with Crippen molar-refractivity contribution in [3.63, 3.8) is 0 Å². The molecule has 0 saturated heterocycles. The minimum absolute atomic E-state index is 0.242. The van der Waals surface area contributed by atoms with Crippen LogP contribution in [0.15, 0.2) is 85.1 Å². The van der Waals surface area contributed by atoms with Gasteiger partial charge in [0.05, 0.1) is 11.9 Å². The predicted octanol–water partition coefficient (Wildman–Crippen LogP) is 5.34. The summed E-state index contributed by atoms with van der Waals surface area (Å²) in [5.41, 5.74) is 3.11. The van der Waals surface area contributed by atoms with E-state index in [2.05, 4.69) is 15.7 Å². The molecule has 0 saturated carbocycles. The third-order valence-electron chi connectivity index (χ3n) is 4.66. The van der Waals surface area contributed by atoms with Crippen LogP contribution in [0.25, 0.3) is 5.69 Å². The molecule has 1 heterocycles. The first kappa shape index (κ1) is 20.4. The highest BCUT2D eigenvalue weighted by Crippen LogP contribution is 2.23. The predicted molar refractivity (Wildman–Crippen MR) is 122 cm³/mol. The van der Waals surface area contributed by atoms with E-state index >= 15 is 0 Å². The van der Waals surface area contributed by atoms with Crippen molar-refractivity contribution in [2.24, 2.45) is 0 Å². The number of aryl methyl sites for hydroxylation is 1. The Balaban J connectivity index is 1.68. The fourth-order valence-electron chi connectivity index (χ4n) is 3.02. The van der Waals surface area contributed by atoms with Crippen LogP contribution in [0.1, 0.15) is 26.3 Å². The first-order valence-corrected chi connectivity index (χ1v) is 9.97. The standard InChI is InChI=1S/C24H19ClN4O2/c1-16-7-13-19(14-8-16)27-24(31)21-15-26-29(20-5-3-2-4-6-20)22(21)28-23(30)17-9-11-18(25)12-10-17/h2-15H,1H3,(H,27,31)(H,28,30). The SMILES string of the molecule is Cc1ccc(NC(=O)c2cnn(-c3ccccc3)c2NC(=O)c2ccc(Cl)cc2)cc1. The molecule has 31 heavy (non-hydrogen) atoms. The van der Waals surface area contributed by atoms with Crippen LogP contribution in [0.3, 0.4) is 0 Å². The van der Waals surface area contributed by atoms with E-state index in [4.69, 9.17) is 11.6 Å². The van der Waals surface area contributed by atoms with Gasteiger partial charge in [-0.2, -0.15) is 5.10 Å². The Bertz CT molecular complexity index is 1220. The summed E-state index contributed by atoms with van der Waals surface area (Å²) in [5, 5.41) is 10.6. The molecule has 3 aromatic carbocycles. The van der Waals surface area contributed by atoms with Crippen molar-refractivity contribution in [1.29, 1.82) is 0 Å². The molecule has 0 fully saturated rings. The number of benzene rings is 3. The Labute approximate surface area is 184 Å². The average Bonchev–Trinajstić information content (AvgIpc) is 3.20. The number of rotatable bonds is 5. The van der Waals surface area contributed by atoms with Gasteiger partial charge in [-0.15, -0.1) is 0 Å². The van der Waals surface area contributed by atoms with E-state index in [0.717, 1.165) is 5.56 Å². The lowest BCUT2D eigenvalue weighted by Crippen LogP contribution is -2.19. The minimum atomic E-state index is -0.377. The van der Waals surface area contributed by atoms with Crippen LogP contribution in [0, 0.1) is 6.92 Å². The number of hydrogen-bond acceptors (Lipinski definition) is 3. The van der Waals surface area contributed by atoms with Gasteiger partial charge in [-0.1, -0.05) is 47.5 Å². The van der Waals surface area contributed by atoms with Crippen LogP contribution >= 0.6 is 11.6 Å². The van der Waals surface area contributed by atoms with Crippen LogP contribution < -0.4 is 10.6 Å². The van der Waals surface area contributed by atoms with Crippen LogP contribution in [0.2, 0.25) is 5.02 Å². The number of aromatic nitrogens is 2. The molecule has 1 aromatic heterocycles. The van der Waals surface area contributed by atoms with Crippen molar-refractivity contribution < 1.29 is 9.59 Å². The van der Waals surface area contributed by atoms with E-state index in [0.29, 0.717) is 22.0 Å². The summed E-state index contributed by atoms with van der Waals surface area (Å²) < 4.78 is 1.53. The molecule has 0 aliphatic heterocycles. The monoisotopic (exact) mass is 430 g/mol. The summed E-state index contributed by atoms with van der Waals surface area (Å²) in [6.45, 7) is 1.97. The van der Waals surface area contributed by atoms with Gasteiger partial charge in [0.1, 0.15) is 11.4 Å². The zero-order valence-electron chi connectivity index (χ0n) is 16.7. The Kier molecular flexibility index (Phi) is 5.82. The number of halogens is 1. The van der Waals surface area contributed by atoms with Crippen molar-refractivity contribution in [3.05, 3.63) is 107 Å². The molecule has 4 aromatic rings. The molecule has 0 aliphatic rings. The number of carbonyl (C=O) groups is 2. The highest BCUT2D eigenvalue weighted by atomic mass is 35.5. The molecule has 154 valence electrons. The number of amides is 2. The lowest BCUT2D eigenvalue weighted by Gasteiger charge is -2.12. The second-order valence-corrected chi connectivity index (χ2v) is 7.37. The third-order valence-corrected chi connectivity index (χ3v) is 4.91. The molecule has 0 atom stereocenters. The maximum Gasteiger partial charge on any atom is 0.261 e. The Morgan fingerprint density at radius 1 is 0.839 bits per heavy atom. The molecule has 0 radical (unpaired) electrons. The Morgan fingerprint density at radius 2 is 1.52 bits per heavy atom. The fourth-order valence-corrected chi connectivity index (χ4v) is 3.14. The minimum Gasteiger partial charge on any atom is -0.322 e. The van der Waals surface area contributed by atoms with Crippen molar-refractivity contribution in [2.75, 3.05) is 10.6 Å². The van der Waals surface area contributed by atoms with Crippen molar-refractivity contribution in [1.82, 2.24) is 9.78 Å². The molecular weight excluding hydrogens is 412 g/mol. The van der Waals surface area contributed by atoms with Gasteiger partial charge in [0.15, 0.2) is 0 Å². The molecule has 0 bridgehead atoms. The van der Waals surface area contributed by atoms with Crippen LogP contribution in [0.5, 0.6) is 0 Å². The van der Waals surface area contributed by atoms with Gasteiger partial charge >= 0.3 is 0 Å². The molecule has 7 heteroatoms. The van der Waals surface area contributed by atoms with Gasteiger partial charge in [-0.25, -0.2) is 4.68 Å². The van der Waals surface area contributed by atoms with Gasteiger partial charge in [-0.05, 0) is 55.5 Å². The smallest absolute Gasteiger partial charge is 0.261 e. The number of hydrogen-bond donors (Lipinski definition) is 2. The summed E-state index contributed by atoms with van der Waals surface area (Å²) in [7, 11) is 0. The summed E-state index contributed by atoms with van der Waals surface area (Å²) in [6, 6.07) is 23.2. The summed E-state index contributed by atoms with van der Waals surface area (Å²) in [5.74, 6) is -0.480. The molecule has 6 nitrogen and oxygen atoms in total. The number of nitrogens with zero attached hydrogens (tertiary/aromatic N) is 2. The van der Waals surface area contributed by atoms with E-state index in [-0.39, 0.29) is 23.2 Å². The normalized spacial score (nSPS) is 10.5. The maximum absolute atomic E-state index is 13.0. The number of nitrogens with one attached hydrogen (secondary N) is 2. The first-order chi connectivity index (χ1) is 15.0. The topological polar surface area (TPSA) is 76.0 Å². The quantitative estimate of drug-likeness (QED) is 0.448. The van der Waals surface area contributed by atoms with Crippen molar-refractivity contribution >= 4 is 34.9 Å². The summed E-state index contributed by atoms with van der Waals surface area (Å²) in [6.07, 6.45) is 1.44. The molecule has 0 unspecified atom stereocenters. The fraction of sp³-hybridized carbons (Fsp3) is 0.0417. The third kappa shape index (κ3) is 4.65. The second kappa shape index (κ2) is 8.85. The molecule has 0 spiro atoms. The van der Waals surface area contributed by atoms with E-state index in [1.807, 2.05) is 61.5 Å². The van der Waals surface area contributed by atoms with Crippen LogP contribution in [0.4, 0.5) is 11.5 Å². The number of para-hydroxylation sites is 1. The maximum atomic E-state index is 13.0. The van der Waals surface area contributed by atoms with E-state index in [1.165, 1.54) is 10.9 Å². The lowest BCUT2D eigenvalue weighted by molar-refractivity contribution is 0.102. The number of anilines is 2. The zero-order valence-corrected chi connectivity index (χ0v) is 17.4. The molecule has 4 rings (SSSR count). The molecular formula is C24H19ClN4O2. The van der Waals surface area contributed by atoms with Gasteiger partial charge in [0.2, 0.25) is 0 Å². The zero-order chi connectivity index (χ0) is 21.8. The summed E-state index contributed by atoms with van der Waals surface area (Å²) in [4.78, 5) is 25.8. The summed E-state index contributed by atoms with van der Waals surface area (Å²) >= 11 is 5.92. The van der Waals surface area contributed by atoms with Gasteiger partial charge in [-0.3, -0.25) is 9.59 Å². The van der Waals surface area contributed by atoms with E-state index in [9.17, 15) is 9.59 Å². The Hall–Kier alpha value is -3.90. The van der Waals surface area contributed by atoms with E-state index in [1.54, 1.807) is 24.3 Å². The second-order valence-electron chi connectivity index (χ2n) is 6.94. The van der Waals surface area contributed by atoms with Crippen LogP contribution in [-0.4, -0.2) is 21.6 Å².